The maximum absolute atomic E-state index is 13.1. The first-order valence-electron chi connectivity index (χ1n) is 11.2. The van der Waals surface area contributed by atoms with Crippen LogP contribution in [-0.4, -0.2) is 64.7 Å². The maximum atomic E-state index is 13.1. The zero-order chi connectivity index (χ0) is 22.2. The van der Waals surface area contributed by atoms with Crippen LogP contribution in [0, 0.1) is 0 Å². The van der Waals surface area contributed by atoms with Crippen molar-refractivity contribution in [2.24, 2.45) is 0 Å². The van der Waals surface area contributed by atoms with Crippen molar-refractivity contribution in [3.63, 3.8) is 0 Å². The molecule has 2 atom stereocenters. The van der Waals surface area contributed by atoms with Gasteiger partial charge >= 0.3 is 12.1 Å². The number of carbonyl (C=O) groups is 3. The number of carboxylic acids is 1. The van der Waals surface area contributed by atoms with Crippen molar-refractivity contribution in [2.45, 2.75) is 43.7 Å². The first-order valence-corrected chi connectivity index (χ1v) is 11.2. The molecule has 2 aromatic carbocycles. The topological polar surface area (TPSA) is 87.2 Å². The van der Waals surface area contributed by atoms with Crippen LogP contribution in [0.15, 0.2) is 48.5 Å². The van der Waals surface area contributed by atoms with Gasteiger partial charge in [-0.3, -0.25) is 9.69 Å². The Morgan fingerprint density at radius 2 is 1.41 bits per heavy atom. The summed E-state index contributed by atoms with van der Waals surface area (Å²) in [6.45, 7) is 1.06. The first-order chi connectivity index (χ1) is 15.6. The molecular weight excluding hydrogens is 408 g/mol. The Kier molecular flexibility index (Phi) is 5.33. The SMILES string of the molecule is O=C(O)[C@@H]1CCCN1C(=O)[C@H]1CCCN1C(=O)OCC1c2ccccc2-c2ccccc21. The second-order valence-electron chi connectivity index (χ2n) is 8.68. The van der Waals surface area contributed by atoms with Gasteiger partial charge in [-0.25, -0.2) is 9.59 Å². The zero-order valence-corrected chi connectivity index (χ0v) is 17.8. The van der Waals surface area contributed by atoms with Gasteiger partial charge in [-0.2, -0.15) is 0 Å². The molecule has 0 unspecified atom stereocenters. The number of rotatable bonds is 4. The van der Waals surface area contributed by atoms with Gasteiger partial charge in [0.15, 0.2) is 0 Å². The minimum Gasteiger partial charge on any atom is -0.480 e. The Bertz CT molecular complexity index is 1020. The van der Waals surface area contributed by atoms with Crippen LogP contribution in [0.1, 0.15) is 42.7 Å². The van der Waals surface area contributed by atoms with E-state index in [1.807, 2.05) is 24.3 Å². The van der Waals surface area contributed by atoms with Gasteiger partial charge in [0, 0.05) is 19.0 Å². The van der Waals surface area contributed by atoms with E-state index < -0.39 is 24.1 Å². The molecule has 5 rings (SSSR count). The molecule has 2 saturated heterocycles. The lowest BCUT2D eigenvalue weighted by molar-refractivity contribution is -0.149. The van der Waals surface area contributed by atoms with E-state index in [1.165, 1.54) is 9.80 Å². The number of aliphatic carboxylic acids is 1. The van der Waals surface area contributed by atoms with Crippen molar-refractivity contribution in [3.8, 4) is 11.1 Å². The van der Waals surface area contributed by atoms with E-state index in [1.54, 1.807) is 0 Å². The monoisotopic (exact) mass is 434 g/mol. The standard InChI is InChI=1S/C25H26N2O5/c28-23(26-13-6-12-22(26)24(29)30)21-11-5-14-27(21)25(31)32-15-20-18-9-3-1-7-16(18)17-8-2-4-10-19(17)20/h1-4,7-10,20-22H,5-6,11-15H2,(H,29,30)/t21-,22+/m1/s1. The van der Waals surface area contributed by atoms with Gasteiger partial charge in [0.05, 0.1) is 0 Å². The number of hydrogen-bond acceptors (Lipinski definition) is 4. The van der Waals surface area contributed by atoms with Crippen LogP contribution in [0.3, 0.4) is 0 Å². The van der Waals surface area contributed by atoms with Crippen molar-refractivity contribution < 1.29 is 24.2 Å². The first kappa shape index (κ1) is 20.5. The summed E-state index contributed by atoms with van der Waals surface area (Å²) in [5.74, 6) is -1.31. The second kappa shape index (κ2) is 8.30. The van der Waals surface area contributed by atoms with Gasteiger partial charge in [0.2, 0.25) is 5.91 Å². The molecule has 7 heteroatoms. The van der Waals surface area contributed by atoms with Gasteiger partial charge in [-0.05, 0) is 47.9 Å². The fourth-order valence-corrected chi connectivity index (χ4v) is 5.40. The molecule has 1 aliphatic carbocycles. The number of benzene rings is 2. The Hall–Kier alpha value is -3.35. The third-order valence-corrected chi connectivity index (χ3v) is 6.93. The lowest BCUT2D eigenvalue weighted by Gasteiger charge is -2.29. The highest BCUT2D eigenvalue weighted by Gasteiger charge is 2.43. The number of carbonyl (C=O) groups excluding carboxylic acids is 2. The highest BCUT2D eigenvalue weighted by Crippen LogP contribution is 2.44. The van der Waals surface area contributed by atoms with Crippen LogP contribution in [0.2, 0.25) is 0 Å². The average Bonchev–Trinajstić information content (AvgIpc) is 3.55. The molecule has 3 aliphatic rings. The fraction of sp³-hybridized carbons (Fsp3) is 0.400. The van der Waals surface area contributed by atoms with Crippen molar-refractivity contribution >= 4 is 18.0 Å². The van der Waals surface area contributed by atoms with Gasteiger partial charge in [0.1, 0.15) is 18.7 Å². The van der Waals surface area contributed by atoms with E-state index in [-0.39, 0.29) is 18.4 Å². The number of ether oxygens (including phenoxy) is 1. The minimum atomic E-state index is -0.985. The molecule has 0 bridgehead atoms. The molecule has 7 nitrogen and oxygen atoms in total. The smallest absolute Gasteiger partial charge is 0.410 e. The third-order valence-electron chi connectivity index (χ3n) is 6.93. The Morgan fingerprint density at radius 1 is 0.844 bits per heavy atom. The van der Waals surface area contributed by atoms with Crippen LogP contribution >= 0.6 is 0 Å². The van der Waals surface area contributed by atoms with Crippen molar-refractivity contribution in [1.29, 1.82) is 0 Å². The Morgan fingerprint density at radius 3 is 2.03 bits per heavy atom. The zero-order valence-electron chi connectivity index (χ0n) is 17.8. The Labute approximate surface area is 186 Å². The van der Waals surface area contributed by atoms with Crippen LogP contribution in [0.25, 0.3) is 11.1 Å². The summed E-state index contributed by atoms with van der Waals surface area (Å²) in [5, 5.41) is 9.42. The second-order valence-corrected chi connectivity index (χ2v) is 8.68. The minimum absolute atomic E-state index is 0.0434. The fourth-order valence-electron chi connectivity index (χ4n) is 5.40. The molecule has 1 N–H and O–H groups in total. The molecule has 0 aromatic heterocycles. The molecule has 0 spiro atoms. The highest BCUT2D eigenvalue weighted by atomic mass is 16.6. The van der Waals surface area contributed by atoms with E-state index >= 15 is 0 Å². The van der Waals surface area contributed by atoms with Gasteiger partial charge in [-0.1, -0.05) is 48.5 Å². The summed E-state index contributed by atoms with van der Waals surface area (Å²) < 4.78 is 5.74. The maximum Gasteiger partial charge on any atom is 0.410 e. The summed E-state index contributed by atoms with van der Waals surface area (Å²) in [4.78, 5) is 40.5. The van der Waals surface area contributed by atoms with E-state index in [0.717, 1.165) is 22.3 Å². The number of amides is 2. The number of fused-ring (bicyclic) bond motifs is 3. The quantitative estimate of drug-likeness (QED) is 0.796. The summed E-state index contributed by atoms with van der Waals surface area (Å²) in [6, 6.07) is 14.8. The molecule has 32 heavy (non-hydrogen) atoms. The van der Waals surface area contributed by atoms with E-state index in [0.29, 0.717) is 38.8 Å². The van der Waals surface area contributed by atoms with Crippen LogP contribution in [0.5, 0.6) is 0 Å². The molecular formula is C25H26N2O5. The number of likely N-dealkylation sites (tertiary alicyclic amines) is 2. The van der Waals surface area contributed by atoms with Crippen LogP contribution in [0.4, 0.5) is 4.79 Å². The van der Waals surface area contributed by atoms with E-state index in [2.05, 4.69) is 24.3 Å². The summed E-state index contributed by atoms with van der Waals surface area (Å²) in [7, 11) is 0. The van der Waals surface area contributed by atoms with Crippen molar-refractivity contribution in [1.82, 2.24) is 9.80 Å². The highest BCUT2D eigenvalue weighted by molar-refractivity contribution is 5.90. The largest absolute Gasteiger partial charge is 0.480 e. The number of carboxylic acid groups (broad SMARTS) is 1. The van der Waals surface area contributed by atoms with E-state index in [9.17, 15) is 19.5 Å². The Balaban J connectivity index is 1.29. The lowest BCUT2D eigenvalue weighted by Crippen LogP contribution is -2.51. The van der Waals surface area contributed by atoms with Crippen LogP contribution < -0.4 is 0 Å². The molecule has 2 heterocycles. The molecule has 2 amide bonds. The van der Waals surface area contributed by atoms with Gasteiger partial charge < -0.3 is 14.7 Å². The molecule has 0 radical (unpaired) electrons. The predicted octanol–water partition coefficient (Wildman–Crippen LogP) is 3.48. The third kappa shape index (κ3) is 3.42. The van der Waals surface area contributed by atoms with E-state index in [4.69, 9.17) is 4.74 Å². The van der Waals surface area contributed by atoms with Crippen molar-refractivity contribution in [2.75, 3.05) is 19.7 Å². The summed E-state index contributed by atoms with van der Waals surface area (Å²) in [5.41, 5.74) is 4.59. The molecule has 166 valence electrons. The van der Waals surface area contributed by atoms with Crippen molar-refractivity contribution in [3.05, 3.63) is 59.7 Å². The molecule has 2 fully saturated rings. The van der Waals surface area contributed by atoms with Crippen LogP contribution in [-0.2, 0) is 14.3 Å². The summed E-state index contributed by atoms with van der Waals surface area (Å²) in [6.07, 6.45) is 1.85. The van der Waals surface area contributed by atoms with Gasteiger partial charge in [0.25, 0.3) is 0 Å². The molecule has 2 aliphatic heterocycles. The number of nitrogens with zero attached hydrogens (tertiary/aromatic N) is 2. The summed E-state index contributed by atoms with van der Waals surface area (Å²) >= 11 is 0. The lowest BCUT2D eigenvalue weighted by atomic mass is 9.98. The van der Waals surface area contributed by atoms with Gasteiger partial charge in [-0.15, -0.1) is 0 Å². The molecule has 0 saturated carbocycles. The number of hydrogen-bond donors (Lipinski definition) is 1. The average molecular weight is 434 g/mol. The normalized spacial score (nSPS) is 22.0. The predicted molar refractivity (Wildman–Crippen MR) is 117 cm³/mol. The molecule has 2 aromatic rings.